The highest BCUT2D eigenvalue weighted by Gasteiger charge is 2.44. The number of nitrogens with zero attached hydrogens (tertiary/aromatic N) is 1. The summed E-state index contributed by atoms with van der Waals surface area (Å²) in [5, 5.41) is 2.43. The van der Waals surface area contributed by atoms with Gasteiger partial charge in [-0.2, -0.15) is 0 Å². The second-order valence-corrected chi connectivity index (χ2v) is 4.97. The van der Waals surface area contributed by atoms with E-state index in [9.17, 15) is 19.2 Å². The van der Waals surface area contributed by atoms with Gasteiger partial charge in [0.25, 0.3) is 11.8 Å². The molecule has 1 aliphatic heterocycles. The number of aldehydes is 1. The van der Waals surface area contributed by atoms with Gasteiger partial charge < -0.3 is 14.8 Å². The van der Waals surface area contributed by atoms with Crippen molar-refractivity contribution in [2.24, 2.45) is 0 Å². The van der Waals surface area contributed by atoms with Crippen LogP contribution < -0.4 is 10.1 Å². The van der Waals surface area contributed by atoms with Crippen LogP contribution in [0.2, 0.25) is 0 Å². The van der Waals surface area contributed by atoms with E-state index in [1.165, 1.54) is 13.1 Å². The first-order valence-electron chi connectivity index (χ1n) is 7.35. The number of carbonyl (C=O) groups excluding carboxylic acids is 4. The number of likely N-dealkylation sites (N-methyl/N-ethyl adjacent to an activating group) is 1. The minimum Gasteiger partial charge on any atom is -0.493 e. The molecule has 7 nitrogen and oxygen atoms in total. The van der Waals surface area contributed by atoms with Crippen LogP contribution in [0, 0.1) is 0 Å². The minimum absolute atomic E-state index is 0.0732. The summed E-state index contributed by atoms with van der Waals surface area (Å²) < 4.78 is 5.41. The van der Waals surface area contributed by atoms with Crippen LogP contribution in [-0.4, -0.2) is 48.6 Å². The largest absolute Gasteiger partial charge is 0.493 e. The molecule has 2 rings (SSSR count). The number of amides is 3. The maximum absolute atomic E-state index is 12.7. The summed E-state index contributed by atoms with van der Waals surface area (Å²) in [5.74, 6) is -1.30. The van der Waals surface area contributed by atoms with E-state index >= 15 is 0 Å². The first-order valence-corrected chi connectivity index (χ1v) is 7.35. The second kappa shape index (κ2) is 7.04. The highest BCUT2D eigenvalue weighted by Crippen LogP contribution is 2.32. The Morgan fingerprint density at radius 3 is 2.70 bits per heavy atom. The number of benzene rings is 1. The van der Waals surface area contributed by atoms with E-state index in [4.69, 9.17) is 4.74 Å². The summed E-state index contributed by atoms with van der Waals surface area (Å²) in [5.41, 5.74) is 0.375. The van der Waals surface area contributed by atoms with Crippen molar-refractivity contribution in [1.82, 2.24) is 10.2 Å². The predicted molar refractivity (Wildman–Crippen MR) is 81.3 cm³/mol. The molecule has 1 N–H and O–H groups in total. The van der Waals surface area contributed by atoms with Crippen LogP contribution in [0.25, 0.3) is 0 Å². The van der Waals surface area contributed by atoms with E-state index in [0.717, 1.165) is 4.90 Å². The van der Waals surface area contributed by atoms with Crippen molar-refractivity contribution < 1.29 is 23.9 Å². The van der Waals surface area contributed by atoms with Crippen LogP contribution in [0.1, 0.15) is 40.5 Å². The van der Waals surface area contributed by atoms with Gasteiger partial charge in [-0.15, -0.1) is 0 Å². The van der Waals surface area contributed by atoms with Crippen LogP contribution in [0.3, 0.4) is 0 Å². The van der Waals surface area contributed by atoms with Gasteiger partial charge in [0, 0.05) is 13.5 Å². The number of carbonyl (C=O) groups is 4. The summed E-state index contributed by atoms with van der Waals surface area (Å²) in [6, 6.07) is 3.74. The molecule has 1 unspecified atom stereocenters. The van der Waals surface area contributed by atoms with Gasteiger partial charge in [-0.25, -0.2) is 0 Å². The molecule has 3 amide bonds. The quantitative estimate of drug-likeness (QED) is 0.592. The molecule has 7 heteroatoms. The molecule has 0 aliphatic carbocycles. The molecular weight excluding hydrogens is 300 g/mol. The van der Waals surface area contributed by atoms with E-state index in [2.05, 4.69) is 5.32 Å². The van der Waals surface area contributed by atoms with E-state index in [1.54, 1.807) is 19.1 Å². The molecule has 0 saturated carbocycles. The number of fused-ring (bicyclic) bond motifs is 1. The summed E-state index contributed by atoms with van der Waals surface area (Å²) in [6.45, 7) is 2.12. The molecule has 0 spiro atoms. The maximum atomic E-state index is 12.7. The fourth-order valence-corrected chi connectivity index (χ4v) is 2.60. The number of imide groups is 1. The molecule has 1 aliphatic rings. The molecule has 23 heavy (non-hydrogen) atoms. The smallest absolute Gasteiger partial charge is 0.266 e. The molecule has 0 radical (unpaired) electrons. The van der Waals surface area contributed by atoms with Gasteiger partial charge in [0.1, 0.15) is 18.1 Å². The van der Waals surface area contributed by atoms with Crippen molar-refractivity contribution in [2.45, 2.75) is 25.8 Å². The average molecular weight is 318 g/mol. The zero-order chi connectivity index (χ0) is 17.0. The predicted octanol–water partition coefficient (Wildman–Crippen LogP) is 0.775. The van der Waals surface area contributed by atoms with E-state index in [-0.39, 0.29) is 24.0 Å². The van der Waals surface area contributed by atoms with Gasteiger partial charge in [-0.05, 0) is 25.5 Å². The molecule has 1 aromatic rings. The molecule has 0 fully saturated rings. The van der Waals surface area contributed by atoms with Gasteiger partial charge in [0.15, 0.2) is 0 Å². The zero-order valence-electron chi connectivity index (χ0n) is 13.0. The molecule has 122 valence electrons. The highest BCUT2D eigenvalue weighted by atomic mass is 16.5. The number of ether oxygens (including phenoxy) is 1. The standard InChI is InChI=1S/C16H18N2O5/c1-3-23-12-8-4-6-10-13(12)16(22)18(15(10)21)11(7-5-9-19)14(20)17-2/h4,6,8-9,11H,3,5,7H2,1-2H3,(H,17,20). The molecular formula is C16H18N2O5. The van der Waals surface area contributed by atoms with Gasteiger partial charge in [-0.3, -0.25) is 19.3 Å². The number of hydrogen-bond acceptors (Lipinski definition) is 5. The van der Waals surface area contributed by atoms with Gasteiger partial charge >= 0.3 is 0 Å². The van der Waals surface area contributed by atoms with E-state index < -0.39 is 23.8 Å². The monoisotopic (exact) mass is 318 g/mol. The lowest BCUT2D eigenvalue weighted by Crippen LogP contribution is -2.48. The van der Waals surface area contributed by atoms with Crippen molar-refractivity contribution in [3.8, 4) is 5.75 Å². The Hall–Kier alpha value is -2.70. The first-order chi connectivity index (χ1) is 11.1. The second-order valence-electron chi connectivity index (χ2n) is 4.97. The zero-order valence-corrected chi connectivity index (χ0v) is 13.0. The summed E-state index contributed by atoms with van der Waals surface area (Å²) >= 11 is 0. The van der Waals surface area contributed by atoms with Crippen LogP contribution in [0.5, 0.6) is 5.75 Å². The minimum atomic E-state index is -1.02. The van der Waals surface area contributed by atoms with E-state index in [0.29, 0.717) is 18.6 Å². The summed E-state index contributed by atoms with van der Waals surface area (Å²) in [7, 11) is 1.42. The highest BCUT2D eigenvalue weighted by molar-refractivity contribution is 6.24. The normalized spacial score (nSPS) is 14.4. The number of rotatable bonds is 7. The Morgan fingerprint density at radius 1 is 1.35 bits per heavy atom. The van der Waals surface area contributed by atoms with Crippen molar-refractivity contribution in [3.63, 3.8) is 0 Å². The van der Waals surface area contributed by atoms with Crippen molar-refractivity contribution in [1.29, 1.82) is 0 Å². The topological polar surface area (TPSA) is 92.8 Å². The fourth-order valence-electron chi connectivity index (χ4n) is 2.60. The van der Waals surface area contributed by atoms with Crippen LogP contribution in [-0.2, 0) is 9.59 Å². The lowest BCUT2D eigenvalue weighted by molar-refractivity contribution is -0.124. The van der Waals surface area contributed by atoms with Crippen LogP contribution in [0.4, 0.5) is 0 Å². The third kappa shape index (κ3) is 2.94. The Bertz CT molecular complexity index is 656. The van der Waals surface area contributed by atoms with Gasteiger partial charge in [0.2, 0.25) is 5.91 Å². The Labute approximate surface area is 133 Å². The Balaban J connectivity index is 2.43. The van der Waals surface area contributed by atoms with Crippen molar-refractivity contribution in [2.75, 3.05) is 13.7 Å². The molecule has 1 heterocycles. The average Bonchev–Trinajstić information content (AvgIpc) is 2.81. The lowest BCUT2D eigenvalue weighted by atomic mass is 10.1. The summed E-state index contributed by atoms with van der Waals surface area (Å²) in [4.78, 5) is 48.8. The first kappa shape index (κ1) is 16.7. The third-order valence-electron chi connectivity index (χ3n) is 3.63. The Kier molecular flexibility index (Phi) is 5.10. The van der Waals surface area contributed by atoms with Gasteiger partial charge in [-0.1, -0.05) is 6.07 Å². The Morgan fingerprint density at radius 2 is 2.09 bits per heavy atom. The molecule has 0 bridgehead atoms. The van der Waals surface area contributed by atoms with Crippen molar-refractivity contribution in [3.05, 3.63) is 29.3 Å². The van der Waals surface area contributed by atoms with Crippen molar-refractivity contribution >= 4 is 24.0 Å². The fraction of sp³-hybridized carbons (Fsp3) is 0.375. The van der Waals surface area contributed by atoms with Crippen LogP contribution >= 0.6 is 0 Å². The summed E-state index contributed by atoms with van der Waals surface area (Å²) in [6.07, 6.45) is 0.808. The third-order valence-corrected chi connectivity index (χ3v) is 3.63. The molecule has 0 saturated heterocycles. The van der Waals surface area contributed by atoms with Crippen LogP contribution in [0.15, 0.2) is 18.2 Å². The van der Waals surface area contributed by atoms with E-state index in [1.807, 2.05) is 0 Å². The number of nitrogens with one attached hydrogen (secondary N) is 1. The molecule has 1 atom stereocenters. The number of hydrogen-bond donors (Lipinski definition) is 1. The lowest BCUT2D eigenvalue weighted by Gasteiger charge is -2.24. The van der Waals surface area contributed by atoms with Gasteiger partial charge in [0.05, 0.1) is 17.7 Å². The SMILES string of the molecule is CCOc1cccc2c1C(=O)N(C(CCC=O)C(=O)NC)C2=O. The molecule has 1 aromatic carbocycles. The molecule has 0 aromatic heterocycles. The maximum Gasteiger partial charge on any atom is 0.266 e.